The van der Waals surface area contributed by atoms with Gasteiger partial charge in [0.05, 0.1) is 12.7 Å². The standard InChI is InChI=1S/C24H26N4O2/c1-16(17-7-6-8-17)28(14-18-13-25-27-26-18)24(29)30-15-23-21-11-4-2-9-19(21)20-10-3-5-12-22(20)23/h2-5,9-13,16-17,23H,6-8,14-15H2,1H3,(H,25,26,27)/t16-/m1/s1. The van der Waals surface area contributed by atoms with Crippen molar-refractivity contribution in [2.45, 2.75) is 44.7 Å². The van der Waals surface area contributed by atoms with Gasteiger partial charge in [-0.3, -0.25) is 4.90 Å². The Hall–Kier alpha value is -3.15. The van der Waals surface area contributed by atoms with Crippen LogP contribution in [0.25, 0.3) is 11.1 Å². The van der Waals surface area contributed by atoms with Crippen LogP contribution in [0.15, 0.2) is 54.7 Å². The molecule has 154 valence electrons. The molecule has 2 aliphatic rings. The first-order valence-electron chi connectivity index (χ1n) is 10.7. The maximum absolute atomic E-state index is 13.2. The van der Waals surface area contributed by atoms with Crippen molar-refractivity contribution in [3.8, 4) is 11.1 Å². The first-order chi connectivity index (χ1) is 14.7. The minimum Gasteiger partial charge on any atom is -0.448 e. The van der Waals surface area contributed by atoms with E-state index in [4.69, 9.17) is 4.74 Å². The average Bonchev–Trinajstić information content (AvgIpc) is 3.35. The van der Waals surface area contributed by atoms with Crippen molar-refractivity contribution in [2.24, 2.45) is 5.92 Å². The van der Waals surface area contributed by atoms with Crippen LogP contribution in [-0.4, -0.2) is 39.1 Å². The molecular weight excluding hydrogens is 376 g/mol. The van der Waals surface area contributed by atoms with Gasteiger partial charge in [0.15, 0.2) is 0 Å². The Bertz CT molecular complexity index is 984. The van der Waals surface area contributed by atoms with E-state index in [9.17, 15) is 4.79 Å². The van der Waals surface area contributed by atoms with Crippen molar-refractivity contribution in [2.75, 3.05) is 6.61 Å². The number of aromatic amines is 1. The summed E-state index contributed by atoms with van der Waals surface area (Å²) < 4.78 is 5.92. The van der Waals surface area contributed by atoms with Gasteiger partial charge in [-0.05, 0) is 47.9 Å². The molecule has 0 radical (unpaired) electrons. The SMILES string of the molecule is C[C@H](C1CCC1)N(Cc1cn[nH]n1)C(=O)OCC1c2ccccc2-c2ccccc21. The zero-order valence-electron chi connectivity index (χ0n) is 17.1. The zero-order chi connectivity index (χ0) is 20.5. The van der Waals surface area contributed by atoms with Crippen LogP contribution in [0.2, 0.25) is 0 Å². The normalized spacial score (nSPS) is 16.4. The quantitative estimate of drug-likeness (QED) is 0.646. The number of amides is 1. The summed E-state index contributed by atoms with van der Waals surface area (Å²) in [7, 11) is 0. The van der Waals surface area contributed by atoms with Gasteiger partial charge >= 0.3 is 6.09 Å². The van der Waals surface area contributed by atoms with E-state index in [1.54, 1.807) is 6.20 Å². The number of nitrogens with one attached hydrogen (secondary N) is 1. The van der Waals surface area contributed by atoms with Crippen molar-refractivity contribution < 1.29 is 9.53 Å². The molecule has 0 aliphatic heterocycles. The van der Waals surface area contributed by atoms with Crippen LogP contribution in [0.1, 0.15) is 48.9 Å². The summed E-state index contributed by atoms with van der Waals surface area (Å²) in [6, 6.07) is 16.9. The Morgan fingerprint density at radius 1 is 1.13 bits per heavy atom. The molecule has 6 heteroatoms. The van der Waals surface area contributed by atoms with Crippen LogP contribution in [0.3, 0.4) is 0 Å². The number of hydrogen-bond acceptors (Lipinski definition) is 4. The molecule has 2 aromatic carbocycles. The minimum atomic E-state index is -0.278. The van der Waals surface area contributed by atoms with E-state index in [-0.39, 0.29) is 18.1 Å². The number of nitrogens with zero attached hydrogens (tertiary/aromatic N) is 3. The molecule has 3 aromatic rings. The summed E-state index contributed by atoms with van der Waals surface area (Å²) >= 11 is 0. The van der Waals surface area contributed by atoms with E-state index < -0.39 is 0 Å². The van der Waals surface area contributed by atoms with Gasteiger partial charge in [-0.25, -0.2) is 4.79 Å². The van der Waals surface area contributed by atoms with Crippen LogP contribution >= 0.6 is 0 Å². The lowest BCUT2D eigenvalue weighted by Gasteiger charge is -2.38. The molecule has 1 N–H and O–H groups in total. The van der Waals surface area contributed by atoms with Crippen LogP contribution in [0.5, 0.6) is 0 Å². The maximum Gasteiger partial charge on any atom is 0.410 e. The van der Waals surface area contributed by atoms with Crippen LogP contribution in [-0.2, 0) is 11.3 Å². The van der Waals surface area contributed by atoms with E-state index in [0.717, 1.165) is 18.5 Å². The highest BCUT2D eigenvalue weighted by atomic mass is 16.6. The number of rotatable bonds is 6. The van der Waals surface area contributed by atoms with E-state index in [1.165, 1.54) is 28.7 Å². The molecule has 0 saturated heterocycles. The minimum absolute atomic E-state index is 0.0641. The molecule has 1 aromatic heterocycles. The lowest BCUT2D eigenvalue weighted by Crippen LogP contribution is -2.45. The molecular formula is C24H26N4O2. The van der Waals surface area contributed by atoms with Gasteiger partial charge in [-0.2, -0.15) is 15.4 Å². The topological polar surface area (TPSA) is 71.1 Å². The monoisotopic (exact) mass is 402 g/mol. The number of fused-ring (bicyclic) bond motifs is 3. The van der Waals surface area contributed by atoms with Crippen molar-refractivity contribution in [3.63, 3.8) is 0 Å². The van der Waals surface area contributed by atoms with Crippen LogP contribution < -0.4 is 0 Å². The van der Waals surface area contributed by atoms with Gasteiger partial charge in [-0.15, -0.1) is 0 Å². The molecule has 30 heavy (non-hydrogen) atoms. The Balaban J connectivity index is 1.34. The molecule has 6 nitrogen and oxygen atoms in total. The highest BCUT2D eigenvalue weighted by molar-refractivity contribution is 5.79. The Morgan fingerprint density at radius 3 is 2.37 bits per heavy atom. The first kappa shape index (κ1) is 18.9. The molecule has 1 heterocycles. The third-order valence-corrected chi connectivity index (χ3v) is 6.69. The van der Waals surface area contributed by atoms with E-state index in [0.29, 0.717) is 19.1 Å². The Labute approximate surface area is 176 Å². The molecule has 1 atom stereocenters. The predicted octanol–water partition coefficient (Wildman–Crippen LogP) is 4.74. The number of hydrogen-bond donors (Lipinski definition) is 1. The van der Waals surface area contributed by atoms with Gasteiger partial charge < -0.3 is 4.74 Å². The van der Waals surface area contributed by atoms with E-state index in [1.807, 2.05) is 4.90 Å². The second kappa shape index (κ2) is 7.94. The molecule has 0 unspecified atom stereocenters. The Kier molecular flexibility index (Phi) is 4.99. The van der Waals surface area contributed by atoms with Crippen LogP contribution in [0, 0.1) is 5.92 Å². The van der Waals surface area contributed by atoms with Crippen molar-refractivity contribution in [1.29, 1.82) is 0 Å². The number of benzene rings is 2. The van der Waals surface area contributed by atoms with Gasteiger partial charge in [0.25, 0.3) is 0 Å². The predicted molar refractivity (Wildman–Crippen MR) is 114 cm³/mol. The average molecular weight is 402 g/mol. The van der Waals surface area contributed by atoms with Gasteiger partial charge in [-0.1, -0.05) is 55.0 Å². The fourth-order valence-electron chi connectivity index (χ4n) is 4.70. The summed E-state index contributed by atoms with van der Waals surface area (Å²) in [5.74, 6) is 0.589. The lowest BCUT2D eigenvalue weighted by molar-refractivity contribution is 0.0563. The summed E-state index contributed by atoms with van der Waals surface area (Å²) in [6.07, 6.45) is 4.94. The largest absolute Gasteiger partial charge is 0.448 e. The Morgan fingerprint density at radius 2 is 1.80 bits per heavy atom. The van der Waals surface area contributed by atoms with E-state index >= 15 is 0 Å². The van der Waals surface area contributed by atoms with Crippen LogP contribution in [0.4, 0.5) is 4.79 Å². The smallest absolute Gasteiger partial charge is 0.410 e. The summed E-state index contributed by atoms with van der Waals surface area (Å²) in [6.45, 7) is 2.86. The third-order valence-electron chi connectivity index (χ3n) is 6.69. The molecule has 1 fully saturated rings. The maximum atomic E-state index is 13.2. The fraction of sp³-hybridized carbons (Fsp3) is 0.375. The van der Waals surface area contributed by atoms with E-state index in [2.05, 4.69) is 70.9 Å². The van der Waals surface area contributed by atoms with Crippen molar-refractivity contribution >= 4 is 6.09 Å². The lowest BCUT2D eigenvalue weighted by atomic mass is 9.80. The number of ether oxygens (including phenoxy) is 1. The molecule has 1 amide bonds. The highest BCUT2D eigenvalue weighted by Crippen LogP contribution is 2.44. The highest BCUT2D eigenvalue weighted by Gasteiger charge is 2.34. The zero-order valence-corrected chi connectivity index (χ0v) is 17.1. The molecule has 5 rings (SSSR count). The van der Waals surface area contributed by atoms with Crippen molar-refractivity contribution in [1.82, 2.24) is 20.3 Å². The fourth-order valence-corrected chi connectivity index (χ4v) is 4.70. The second-order valence-corrected chi connectivity index (χ2v) is 8.32. The number of carbonyl (C=O) groups excluding carboxylic acids is 1. The van der Waals surface area contributed by atoms with Gasteiger partial charge in [0, 0.05) is 12.0 Å². The summed E-state index contributed by atoms with van der Waals surface area (Å²) in [5, 5.41) is 10.6. The second-order valence-electron chi connectivity index (χ2n) is 8.32. The molecule has 2 aliphatic carbocycles. The molecule has 1 saturated carbocycles. The number of carbonyl (C=O) groups is 1. The van der Waals surface area contributed by atoms with Gasteiger partial charge in [0.2, 0.25) is 0 Å². The molecule has 0 bridgehead atoms. The third kappa shape index (κ3) is 3.36. The first-order valence-corrected chi connectivity index (χ1v) is 10.7. The molecule has 0 spiro atoms. The van der Waals surface area contributed by atoms with Crippen molar-refractivity contribution in [3.05, 3.63) is 71.5 Å². The number of H-pyrrole nitrogens is 1. The van der Waals surface area contributed by atoms with Gasteiger partial charge in [0.1, 0.15) is 12.3 Å². The summed E-state index contributed by atoms with van der Waals surface area (Å²) in [4.78, 5) is 15.0. The number of aromatic nitrogens is 3. The summed E-state index contributed by atoms with van der Waals surface area (Å²) in [5.41, 5.74) is 5.66.